The van der Waals surface area contributed by atoms with Gasteiger partial charge in [0.1, 0.15) is 0 Å². The summed E-state index contributed by atoms with van der Waals surface area (Å²) >= 11 is 0. The molecule has 0 radical (unpaired) electrons. The smallest absolute Gasteiger partial charge is 0.275 e. The maximum atomic E-state index is 12.6. The molecule has 6 heteroatoms. The highest BCUT2D eigenvalue weighted by Gasteiger charge is 2.18. The second-order valence-corrected chi connectivity index (χ2v) is 5.71. The zero-order chi connectivity index (χ0) is 18.4. The predicted octanol–water partition coefficient (Wildman–Crippen LogP) is 2.96. The van der Waals surface area contributed by atoms with Gasteiger partial charge < -0.3 is 14.8 Å². The van der Waals surface area contributed by atoms with Gasteiger partial charge in [0.05, 0.1) is 25.6 Å². The quantitative estimate of drug-likeness (QED) is 0.711. The number of benzene rings is 2. The van der Waals surface area contributed by atoms with Crippen molar-refractivity contribution in [2.24, 2.45) is 0 Å². The summed E-state index contributed by atoms with van der Waals surface area (Å²) in [4.78, 5) is 12.6. The lowest BCUT2D eigenvalue weighted by atomic mass is 10.1. The van der Waals surface area contributed by atoms with Crippen molar-refractivity contribution in [3.05, 3.63) is 77.6 Å². The lowest BCUT2D eigenvalue weighted by molar-refractivity contribution is 0.0942. The Balaban J connectivity index is 1.77. The maximum absolute atomic E-state index is 12.6. The van der Waals surface area contributed by atoms with E-state index in [1.54, 1.807) is 18.0 Å². The molecule has 0 spiro atoms. The van der Waals surface area contributed by atoms with Gasteiger partial charge in [0, 0.05) is 13.7 Å². The summed E-state index contributed by atoms with van der Waals surface area (Å²) in [6.07, 6.45) is 1.70. The van der Waals surface area contributed by atoms with Gasteiger partial charge in [-0.05, 0) is 23.3 Å². The molecule has 6 nitrogen and oxygen atoms in total. The zero-order valence-corrected chi connectivity index (χ0v) is 14.8. The fraction of sp³-hybridized carbons (Fsp3) is 0.200. The minimum Gasteiger partial charge on any atom is -0.493 e. The number of carbonyl (C=O) groups excluding carboxylic acids is 1. The number of rotatable bonds is 7. The van der Waals surface area contributed by atoms with Gasteiger partial charge in [-0.1, -0.05) is 42.5 Å². The number of hydrogen-bond acceptors (Lipinski definition) is 4. The van der Waals surface area contributed by atoms with Crippen LogP contribution in [0.1, 0.15) is 21.6 Å². The molecule has 0 aliphatic heterocycles. The van der Waals surface area contributed by atoms with Crippen molar-refractivity contribution in [1.29, 1.82) is 0 Å². The Hall–Kier alpha value is -3.12. The van der Waals surface area contributed by atoms with Gasteiger partial charge in [0.25, 0.3) is 5.91 Å². The van der Waals surface area contributed by atoms with E-state index in [4.69, 9.17) is 9.47 Å². The Morgan fingerprint density at radius 3 is 2.42 bits per heavy atom. The van der Waals surface area contributed by atoms with Gasteiger partial charge in [-0.2, -0.15) is 5.10 Å². The van der Waals surface area contributed by atoms with E-state index in [1.807, 2.05) is 54.6 Å². The Labute approximate surface area is 152 Å². The van der Waals surface area contributed by atoms with E-state index in [0.717, 1.165) is 16.8 Å². The van der Waals surface area contributed by atoms with Crippen molar-refractivity contribution in [2.75, 3.05) is 14.2 Å². The molecule has 0 atom stereocenters. The number of aromatic nitrogens is 2. The molecule has 3 aromatic rings. The number of hydrogen-bond donors (Lipinski definition) is 1. The van der Waals surface area contributed by atoms with Crippen LogP contribution in [0.2, 0.25) is 0 Å². The number of carbonyl (C=O) groups is 1. The van der Waals surface area contributed by atoms with Gasteiger partial charge in [0.15, 0.2) is 11.4 Å². The number of amides is 1. The highest BCUT2D eigenvalue weighted by Crippen LogP contribution is 2.19. The second-order valence-electron chi connectivity index (χ2n) is 5.71. The molecule has 3 rings (SSSR count). The van der Waals surface area contributed by atoms with Crippen LogP contribution in [0.5, 0.6) is 5.75 Å². The second kappa shape index (κ2) is 8.31. The van der Waals surface area contributed by atoms with E-state index in [1.165, 1.54) is 7.11 Å². The highest BCUT2D eigenvalue weighted by atomic mass is 16.5. The topological polar surface area (TPSA) is 65.4 Å². The van der Waals surface area contributed by atoms with Gasteiger partial charge >= 0.3 is 0 Å². The number of ether oxygens (including phenoxy) is 2. The molecule has 0 fully saturated rings. The van der Waals surface area contributed by atoms with Crippen LogP contribution in [0, 0.1) is 0 Å². The Morgan fingerprint density at radius 2 is 1.73 bits per heavy atom. The van der Waals surface area contributed by atoms with Crippen molar-refractivity contribution >= 4 is 5.91 Å². The number of nitrogens with one attached hydrogen (secondary N) is 1. The summed E-state index contributed by atoms with van der Waals surface area (Å²) < 4.78 is 12.2. The fourth-order valence-corrected chi connectivity index (χ4v) is 2.66. The van der Waals surface area contributed by atoms with Crippen LogP contribution < -0.4 is 10.1 Å². The van der Waals surface area contributed by atoms with Gasteiger partial charge in [0.2, 0.25) is 0 Å². The summed E-state index contributed by atoms with van der Waals surface area (Å²) in [5.74, 6) is 0.139. The summed E-state index contributed by atoms with van der Waals surface area (Å²) in [7, 11) is 3.17. The summed E-state index contributed by atoms with van der Waals surface area (Å²) in [6.45, 7) is 0.887. The molecule has 1 amide bonds. The molecule has 0 unspecified atom stereocenters. The SMILES string of the molecule is COCc1ccccc1CNC(=O)c1nn(-c2ccccc2)cc1OC. The van der Waals surface area contributed by atoms with Gasteiger partial charge in [-0.3, -0.25) is 4.79 Å². The van der Waals surface area contributed by atoms with Crippen molar-refractivity contribution in [3.8, 4) is 11.4 Å². The Morgan fingerprint density at radius 1 is 1.04 bits per heavy atom. The monoisotopic (exact) mass is 351 g/mol. The summed E-state index contributed by atoms with van der Waals surface area (Å²) in [5, 5.41) is 7.28. The summed E-state index contributed by atoms with van der Waals surface area (Å²) in [5.41, 5.74) is 3.15. The molecule has 1 heterocycles. The Kier molecular flexibility index (Phi) is 5.66. The molecular formula is C20H21N3O3. The first-order chi connectivity index (χ1) is 12.7. The van der Waals surface area contributed by atoms with Crippen LogP contribution in [-0.4, -0.2) is 29.9 Å². The van der Waals surface area contributed by atoms with E-state index < -0.39 is 0 Å². The largest absolute Gasteiger partial charge is 0.493 e. The van der Waals surface area contributed by atoms with Crippen LogP contribution in [0.25, 0.3) is 5.69 Å². The van der Waals surface area contributed by atoms with Crippen LogP contribution in [0.4, 0.5) is 0 Å². The van der Waals surface area contributed by atoms with Crippen LogP contribution >= 0.6 is 0 Å². The van der Waals surface area contributed by atoms with Gasteiger partial charge in [-0.25, -0.2) is 4.68 Å². The molecule has 1 aromatic heterocycles. The van der Waals surface area contributed by atoms with Crippen molar-refractivity contribution in [1.82, 2.24) is 15.1 Å². The zero-order valence-electron chi connectivity index (χ0n) is 14.8. The molecule has 1 N–H and O–H groups in total. The third kappa shape index (κ3) is 3.92. The third-order valence-corrected chi connectivity index (χ3v) is 3.99. The van der Waals surface area contributed by atoms with E-state index in [9.17, 15) is 4.79 Å². The summed E-state index contributed by atoms with van der Waals surface area (Å²) in [6, 6.07) is 17.4. The van der Waals surface area contributed by atoms with Crippen molar-refractivity contribution < 1.29 is 14.3 Å². The average molecular weight is 351 g/mol. The molecule has 0 aliphatic rings. The van der Waals surface area contributed by atoms with Crippen LogP contribution in [0.15, 0.2) is 60.8 Å². The maximum Gasteiger partial charge on any atom is 0.275 e. The van der Waals surface area contributed by atoms with E-state index >= 15 is 0 Å². The lowest BCUT2D eigenvalue weighted by Gasteiger charge is -2.09. The normalized spacial score (nSPS) is 10.5. The van der Waals surface area contributed by atoms with Gasteiger partial charge in [-0.15, -0.1) is 0 Å². The van der Waals surface area contributed by atoms with Crippen LogP contribution in [0.3, 0.4) is 0 Å². The number of para-hydroxylation sites is 1. The number of nitrogens with zero attached hydrogens (tertiary/aromatic N) is 2. The molecule has 0 bridgehead atoms. The van der Waals surface area contributed by atoms with Crippen molar-refractivity contribution in [2.45, 2.75) is 13.2 Å². The lowest BCUT2D eigenvalue weighted by Crippen LogP contribution is -2.24. The standard InChI is InChI=1S/C20H21N3O3/c1-25-14-16-9-7-6-8-15(16)12-21-20(24)19-18(26-2)13-23(22-19)17-10-4-3-5-11-17/h3-11,13H,12,14H2,1-2H3,(H,21,24). The molecular weight excluding hydrogens is 330 g/mol. The molecule has 26 heavy (non-hydrogen) atoms. The highest BCUT2D eigenvalue weighted by molar-refractivity contribution is 5.94. The fourth-order valence-electron chi connectivity index (χ4n) is 2.66. The minimum absolute atomic E-state index is 0.251. The molecule has 2 aromatic carbocycles. The molecule has 134 valence electrons. The third-order valence-electron chi connectivity index (χ3n) is 3.99. The predicted molar refractivity (Wildman–Crippen MR) is 98.4 cm³/mol. The molecule has 0 saturated carbocycles. The van der Waals surface area contributed by atoms with Crippen molar-refractivity contribution in [3.63, 3.8) is 0 Å². The van der Waals surface area contributed by atoms with E-state index in [0.29, 0.717) is 18.9 Å². The van der Waals surface area contributed by atoms with E-state index in [-0.39, 0.29) is 11.6 Å². The average Bonchev–Trinajstić information content (AvgIpc) is 3.12. The van der Waals surface area contributed by atoms with E-state index in [2.05, 4.69) is 10.4 Å². The first kappa shape index (κ1) is 17.7. The first-order valence-electron chi connectivity index (χ1n) is 8.26. The minimum atomic E-state index is -0.288. The first-order valence-corrected chi connectivity index (χ1v) is 8.26. The van der Waals surface area contributed by atoms with Crippen LogP contribution in [-0.2, 0) is 17.9 Å². The number of methoxy groups -OCH3 is 2. The Bertz CT molecular complexity index is 875. The molecule has 0 saturated heterocycles. The molecule has 0 aliphatic carbocycles.